The molecule has 0 spiro atoms. The molecular weight excluding hydrogens is 384 g/mol. The van der Waals surface area contributed by atoms with E-state index in [0.29, 0.717) is 28.0 Å². The van der Waals surface area contributed by atoms with Gasteiger partial charge >= 0.3 is 6.03 Å². The van der Waals surface area contributed by atoms with Gasteiger partial charge < -0.3 is 0 Å². The number of fused-ring (bicyclic) bond motifs is 2. The van der Waals surface area contributed by atoms with Gasteiger partial charge in [-0.2, -0.15) is 4.68 Å². The van der Waals surface area contributed by atoms with E-state index < -0.39 is 17.3 Å². The molecule has 0 bridgehead atoms. The smallest absolute Gasteiger partial charge is 0.299 e. The van der Waals surface area contributed by atoms with Gasteiger partial charge in [0.05, 0.1) is 9.46 Å². The molecule has 0 aliphatic carbocycles. The van der Waals surface area contributed by atoms with Gasteiger partial charge in [-0.3, -0.25) is 30.1 Å². The Morgan fingerprint density at radius 3 is 2.71 bits per heavy atom. The number of aromatic nitrogens is 1. The van der Waals surface area contributed by atoms with Crippen LogP contribution in [-0.4, -0.2) is 50.9 Å². The highest BCUT2D eigenvalue weighted by molar-refractivity contribution is 7.07. The number of nitro groups is 1. The van der Waals surface area contributed by atoms with E-state index >= 15 is 0 Å². The number of urea groups is 1. The highest BCUT2D eigenvalue weighted by atomic mass is 32.1. The molecule has 2 aliphatic rings. The minimum absolute atomic E-state index is 0.0387. The Balaban J connectivity index is 1.80. The summed E-state index contributed by atoms with van der Waals surface area (Å²) in [6.07, 6.45) is 0.794. The van der Waals surface area contributed by atoms with Crippen molar-refractivity contribution >= 4 is 29.1 Å². The zero-order chi connectivity index (χ0) is 20.0. The van der Waals surface area contributed by atoms with Gasteiger partial charge in [0.1, 0.15) is 0 Å². The Kier molecular flexibility index (Phi) is 4.38. The number of carbonyl (C=O) groups excluding carboxylic acids is 1. The predicted molar refractivity (Wildman–Crippen MR) is 103 cm³/mol. The molecule has 1 aromatic heterocycles. The Hall–Kier alpha value is -3.21. The second-order valence-electron chi connectivity index (χ2n) is 6.36. The first-order valence-corrected chi connectivity index (χ1v) is 9.66. The number of nitrogens with zero attached hydrogens (tertiary/aromatic N) is 5. The molecule has 1 fully saturated rings. The molecule has 4 rings (SSSR count). The number of likely N-dealkylation sites (N-methyl/N-ethyl adjacent to an activating group) is 2. The molecule has 0 radical (unpaired) electrons. The number of hydrogen-bond donors (Lipinski definition) is 1. The molecule has 1 aromatic carbocycles. The number of nitro benzene ring substituents is 1. The maximum absolute atomic E-state index is 12.8. The van der Waals surface area contributed by atoms with E-state index in [2.05, 4.69) is 10.4 Å². The minimum Gasteiger partial charge on any atom is -0.299 e. The quantitative estimate of drug-likeness (QED) is 0.582. The van der Waals surface area contributed by atoms with Gasteiger partial charge in [-0.15, -0.1) is 0 Å². The Labute approximate surface area is 163 Å². The first-order chi connectivity index (χ1) is 13.4. The van der Waals surface area contributed by atoms with Crippen LogP contribution in [0.1, 0.15) is 19.4 Å². The van der Waals surface area contributed by atoms with Crippen molar-refractivity contribution in [3.8, 4) is 0 Å². The lowest BCUT2D eigenvalue weighted by molar-refractivity contribution is -0.384. The average Bonchev–Trinajstić information content (AvgIpc) is 3.12. The lowest BCUT2D eigenvalue weighted by Crippen LogP contribution is -2.55. The number of benzene rings is 1. The molecule has 2 atom stereocenters. The van der Waals surface area contributed by atoms with Crippen molar-refractivity contribution in [2.75, 3.05) is 18.5 Å². The molecule has 146 valence electrons. The highest BCUT2D eigenvalue weighted by Crippen LogP contribution is 2.23. The third-order valence-electron chi connectivity index (χ3n) is 4.80. The monoisotopic (exact) mass is 402 g/mol. The van der Waals surface area contributed by atoms with Crippen molar-refractivity contribution in [1.29, 1.82) is 0 Å². The van der Waals surface area contributed by atoms with Crippen molar-refractivity contribution in [2.45, 2.75) is 26.2 Å². The maximum atomic E-state index is 12.8. The number of carbonyl (C=O) groups is 1. The standard InChI is InChI=1S/C17H18N6O4S/c1-3-20-13-14(21(4-2)17(20)25)19-22-15(24)12(28-16(22)18-13)9-10-6-5-7-11(8-10)23(26)27/h5-9,13-14,19H,3-4H2,1-2H3/b12-9-. The van der Waals surface area contributed by atoms with Crippen LogP contribution in [0.25, 0.3) is 6.08 Å². The molecule has 3 heterocycles. The summed E-state index contributed by atoms with van der Waals surface area (Å²) in [5.41, 5.74) is 3.34. The molecule has 2 unspecified atom stereocenters. The van der Waals surface area contributed by atoms with Crippen LogP contribution in [0, 0.1) is 10.1 Å². The Bertz CT molecular complexity index is 1140. The predicted octanol–water partition coefficient (Wildman–Crippen LogP) is 0.253. The zero-order valence-electron chi connectivity index (χ0n) is 15.2. The molecule has 0 saturated carbocycles. The highest BCUT2D eigenvalue weighted by Gasteiger charge is 2.46. The number of nitrogens with one attached hydrogen (secondary N) is 1. The van der Waals surface area contributed by atoms with Gasteiger partial charge in [0.15, 0.2) is 12.3 Å². The summed E-state index contributed by atoms with van der Waals surface area (Å²) in [5, 5.41) is 11.0. The van der Waals surface area contributed by atoms with Crippen molar-refractivity contribution in [3.05, 3.63) is 59.6 Å². The van der Waals surface area contributed by atoms with Crippen LogP contribution < -0.4 is 20.3 Å². The van der Waals surface area contributed by atoms with E-state index in [1.54, 1.807) is 28.0 Å². The summed E-state index contributed by atoms with van der Waals surface area (Å²) in [6.45, 7) is 4.79. The van der Waals surface area contributed by atoms with Crippen molar-refractivity contribution in [3.63, 3.8) is 0 Å². The maximum Gasteiger partial charge on any atom is 0.323 e. The second-order valence-corrected chi connectivity index (χ2v) is 7.37. The van der Waals surface area contributed by atoms with Crippen LogP contribution in [0.3, 0.4) is 0 Å². The number of amides is 2. The largest absolute Gasteiger partial charge is 0.323 e. The molecular formula is C17H18N6O4S. The first kappa shape index (κ1) is 18.2. The Morgan fingerprint density at radius 1 is 1.29 bits per heavy atom. The van der Waals surface area contributed by atoms with Crippen molar-refractivity contribution in [2.24, 2.45) is 4.99 Å². The lowest BCUT2D eigenvalue weighted by atomic mass is 10.2. The van der Waals surface area contributed by atoms with Gasteiger partial charge in [-0.1, -0.05) is 23.5 Å². The molecule has 10 nitrogen and oxygen atoms in total. The third-order valence-corrected chi connectivity index (χ3v) is 5.78. The number of hydrogen-bond acceptors (Lipinski definition) is 7. The van der Waals surface area contributed by atoms with Gasteiger partial charge in [0.25, 0.3) is 11.2 Å². The fourth-order valence-corrected chi connectivity index (χ4v) is 4.42. The van der Waals surface area contributed by atoms with E-state index in [0.717, 1.165) is 0 Å². The van der Waals surface area contributed by atoms with Crippen LogP contribution in [0.2, 0.25) is 0 Å². The zero-order valence-corrected chi connectivity index (χ0v) is 16.0. The van der Waals surface area contributed by atoms with Crippen molar-refractivity contribution < 1.29 is 9.72 Å². The summed E-state index contributed by atoms with van der Waals surface area (Å²) < 4.78 is 1.76. The van der Waals surface area contributed by atoms with Gasteiger partial charge in [-0.25, -0.2) is 9.79 Å². The Morgan fingerprint density at radius 2 is 2.04 bits per heavy atom. The fraction of sp³-hybridized carbons (Fsp3) is 0.353. The third kappa shape index (κ3) is 2.74. The number of thiazole rings is 1. The van der Waals surface area contributed by atoms with E-state index in [9.17, 15) is 19.7 Å². The molecule has 11 heteroatoms. The van der Waals surface area contributed by atoms with E-state index in [4.69, 9.17) is 0 Å². The first-order valence-electron chi connectivity index (χ1n) is 8.84. The van der Waals surface area contributed by atoms with E-state index in [1.807, 2.05) is 13.8 Å². The van der Waals surface area contributed by atoms with Crippen LogP contribution in [0.15, 0.2) is 34.1 Å². The summed E-state index contributed by atoms with van der Waals surface area (Å²) in [4.78, 5) is 44.2. The van der Waals surface area contributed by atoms with Crippen LogP contribution in [0.5, 0.6) is 0 Å². The fourth-order valence-electron chi connectivity index (χ4n) is 3.46. The molecule has 28 heavy (non-hydrogen) atoms. The molecule has 2 aliphatic heterocycles. The number of rotatable bonds is 4. The topological polar surface area (TPSA) is 113 Å². The molecule has 2 aromatic rings. The van der Waals surface area contributed by atoms with Gasteiger partial charge in [0.2, 0.25) is 4.80 Å². The molecule has 1 saturated heterocycles. The van der Waals surface area contributed by atoms with Crippen LogP contribution >= 0.6 is 11.3 Å². The van der Waals surface area contributed by atoms with E-state index in [1.165, 1.54) is 28.1 Å². The molecule has 2 amide bonds. The van der Waals surface area contributed by atoms with Gasteiger partial charge in [0, 0.05) is 25.2 Å². The van der Waals surface area contributed by atoms with Crippen molar-refractivity contribution in [1.82, 2.24) is 14.5 Å². The minimum atomic E-state index is -0.475. The average molecular weight is 402 g/mol. The van der Waals surface area contributed by atoms with E-state index in [-0.39, 0.29) is 17.3 Å². The van der Waals surface area contributed by atoms with Gasteiger partial charge in [-0.05, 0) is 25.5 Å². The second kappa shape index (κ2) is 6.75. The lowest BCUT2D eigenvalue weighted by Gasteiger charge is -2.28. The number of non-ortho nitro benzene ring substituents is 1. The van der Waals surface area contributed by atoms with Crippen LogP contribution in [0.4, 0.5) is 10.5 Å². The summed E-state index contributed by atoms with van der Waals surface area (Å²) in [7, 11) is 0. The summed E-state index contributed by atoms with van der Waals surface area (Å²) in [6, 6.07) is 5.98. The van der Waals surface area contributed by atoms with Crippen LogP contribution in [-0.2, 0) is 0 Å². The summed E-state index contributed by atoms with van der Waals surface area (Å²) in [5.74, 6) is 0. The SMILES string of the molecule is CCN1C(=O)N(CC)C2Nn3c(s/c(=C\c4cccc([N+](=O)[O-])c4)c3=O)=NC21. The normalized spacial score (nSPS) is 21.2. The molecule has 1 N–H and O–H groups in total. The summed E-state index contributed by atoms with van der Waals surface area (Å²) >= 11 is 1.18.